The van der Waals surface area contributed by atoms with Crippen LogP contribution in [0.2, 0.25) is 0 Å². The van der Waals surface area contributed by atoms with Crippen LogP contribution < -0.4 is 33.2 Å². The summed E-state index contributed by atoms with van der Waals surface area (Å²) in [6.07, 6.45) is 1.88. The minimum absolute atomic E-state index is 0.0780. The van der Waals surface area contributed by atoms with Crippen LogP contribution in [0.15, 0.2) is 4.99 Å². The maximum absolute atomic E-state index is 12.8. The van der Waals surface area contributed by atoms with E-state index in [4.69, 9.17) is 22.3 Å². The fourth-order valence-corrected chi connectivity index (χ4v) is 3.42. The quantitative estimate of drug-likeness (QED) is 0.0381. The number of nitrogens with zero attached hydrogens (tertiary/aromatic N) is 1. The van der Waals surface area contributed by atoms with Crippen LogP contribution in [0.5, 0.6) is 0 Å². The third kappa shape index (κ3) is 14.3. The molecule has 35 heavy (non-hydrogen) atoms. The first-order valence-electron chi connectivity index (χ1n) is 10.7. The molecule has 11 N–H and O–H groups in total. The molecule has 0 fully saturated rings. The van der Waals surface area contributed by atoms with Gasteiger partial charge in [0.25, 0.3) is 0 Å². The summed E-state index contributed by atoms with van der Waals surface area (Å²) in [5, 5.41) is 25.4. The molecule has 200 valence electrons. The first-order chi connectivity index (χ1) is 16.4. The summed E-state index contributed by atoms with van der Waals surface area (Å²) in [7, 11) is 0. The Hall–Kier alpha value is -2.72. The van der Waals surface area contributed by atoms with Gasteiger partial charge in [-0.2, -0.15) is 24.4 Å². The van der Waals surface area contributed by atoms with E-state index in [0.717, 1.165) is 0 Å². The zero-order chi connectivity index (χ0) is 27.0. The number of carboxylic acids is 2. The van der Waals surface area contributed by atoms with Crippen molar-refractivity contribution in [3.05, 3.63) is 0 Å². The summed E-state index contributed by atoms with van der Waals surface area (Å²) >= 11 is 5.47. The molecule has 0 aromatic carbocycles. The number of carbonyl (C=O) groups is 5. The standard InChI is InChI=1S/C19H35N7O7S2/c1-35-8-6-12(18(32)33)25-16(30)11(3-2-7-23-19(21)22)24-17(31)13(9-34)26-15(29)10(20)4-5-14(27)28/h10-13,34H,2-9,20H2,1H3,(H,24,31)(H,25,30)(H,26,29)(H,27,28)(H,32,33)(H4,21,22,23). The van der Waals surface area contributed by atoms with Crippen molar-refractivity contribution in [2.75, 3.05) is 24.3 Å². The van der Waals surface area contributed by atoms with E-state index >= 15 is 0 Å². The average Bonchev–Trinajstić information content (AvgIpc) is 2.79. The molecular weight excluding hydrogens is 502 g/mol. The van der Waals surface area contributed by atoms with Crippen molar-refractivity contribution < 1.29 is 34.2 Å². The summed E-state index contributed by atoms with van der Waals surface area (Å²) in [5.74, 6) is -4.36. The predicted octanol–water partition coefficient (Wildman–Crippen LogP) is -2.55. The van der Waals surface area contributed by atoms with Crippen molar-refractivity contribution in [2.45, 2.75) is 56.3 Å². The van der Waals surface area contributed by atoms with Gasteiger partial charge in [-0.3, -0.25) is 24.2 Å². The van der Waals surface area contributed by atoms with Gasteiger partial charge < -0.3 is 43.4 Å². The lowest BCUT2D eigenvalue weighted by Crippen LogP contribution is -2.57. The van der Waals surface area contributed by atoms with E-state index < -0.39 is 53.8 Å². The number of thioether (sulfide) groups is 1. The van der Waals surface area contributed by atoms with Gasteiger partial charge in [-0.25, -0.2) is 4.79 Å². The Morgan fingerprint density at radius 3 is 2.00 bits per heavy atom. The number of guanidine groups is 1. The minimum Gasteiger partial charge on any atom is -0.481 e. The Kier molecular flexibility index (Phi) is 16.3. The second-order valence-corrected chi connectivity index (χ2v) is 8.82. The molecule has 0 aromatic rings. The number of rotatable bonds is 18. The third-order valence-corrected chi connectivity index (χ3v) is 5.63. The van der Waals surface area contributed by atoms with Crippen molar-refractivity contribution in [3.8, 4) is 0 Å². The van der Waals surface area contributed by atoms with E-state index in [1.165, 1.54) is 11.8 Å². The molecule has 0 aliphatic heterocycles. The summed E-state index contributed by atoms with van der Waals surface area (Å²) < 4.78 is 0. The predicted molar refractivity (Wildman–Crippen MR) is 135 cm³/mol. The van der Waals surface area contributed by atoms with Crippen LogP contribution in [0.3, 0.4) is 0 Å². The van der Waals surface area contributed by atoms with Crippen molar-refractivity contribution in [3.63, 3.8) is 0 Å². The van der Waals surface area contributed by atoms with Gasteiger partial charge in [-0.15, -0.1) is 0 Å². The van der Waals surface area contributed by atoms with Crippen LogP contribution in [-0.4, -0.2) is 94.3 Å². The Labute approximate surface area is 213 Å². The Morgan fingerprint density at radius 1 is 0.914 bits per heavy atom. The number of carboxylic acid groups (broad SMARTS) is 2. The monoisotopic (exact) mass is 537 g/mol. The SMILES string of the molecule is CSCCC(NC(=O)C(CCCN=C(N)N)NC(=O)C(CS)NC(=O)C(N)CCC(=O)O)C(=O)O. The highest BCUT2D eigenvalue weighted by atomic mass is 32.2. The highest BCUT2D eigenvalue weighted by Gasteiger charge is 2.29. The van der Waals surface area contributed by atoms with Gasteiger partial charge in [-0.1, -0.05) is 0 Å². The fourth-order valence-electron chi connectivity index (χ4n) is 2.69. The number of hydrogen-bond acceptors (Lipinski definition) is 9. The molecule has 0 aliphatic carbocycles. The van der Waals surface area contributed by atoms with Gasteiger partial charge in [0.15, 0.2) is 5.96 Å². The van der Waals surface area contributed by atoms with Crippen LogP contribution in [0.4, 0.5) is 0 Å². The van der Waals surface area contributed by atoms with Crippen LogP contribution in [0.1, 0.15) is 32.1 Å². The molecule has 0 aromatic heterocycles. The smallest absolute Gasteiger partial charge is 0.326 e. The highest BCUT2D eigenvalue weighted by molar-refractivity contribution is 7.98. The highest BCUT2D eigenvalue weighted by Crippen LogP contribution is 2.05. The van der Waals surface area contributed by atoms with E-state index in [-0.39, 0.29) is 50.4 Å². The Morgan fingerprint density at radius 2 is 1.49 bits per heavy atom. The average molecular weight is 538 g/mol. The Balaban J connectivity index is 5.34. The zero-order valence-electron chi connectivity index (χ0n) is 19.4. The van der Waals surface area contributed by atoms with E-state index in [1.807, 2.05) is 0 Å². The number of nitrogens with one attached hydrogen (secondary N) is 3. The minimum atomic E-state index is -1.21. The van der Waals surface area contributed by atoms with Gasteiger partial charge in [0, 0.05) is 18.7 Å². The van der Waals surface area contributed by atoms with E-state index in [2.05, 4.69) is 33.6 Å². The van der Waals surface area contributed by atoms with Gasteiger partial charge in [0.1, 0.15) is 18.1 Å². The van der Waals surface area contributed by atoms with Gasteiger partial charge in [-0.05, 0) is 37.7 Å². The Bertz CT molecular complexity index is 766. The van der Waals surface area contributed by atoms with E-state index in [0.29, 0.717) is 5.75 Å². The number of aliphatic carboxylic acids is 2. The summed E-state index contributed by atoms with van der Waals surface area (Å²) in [6, 6.07) is -4.64. The zero-order valence-corrected chi connectivity index (χ0v) is 21.1. The largest absolute Gasteiger partial charge is 0.481 e. The molecule has 0 saturated carbocycles. The molecule has 16 heteroatoms. The molecule has 3 amide bonds. The fraction of sp³-hybridized carbons (Fsp3) is 0.684. The lowest BCUT2D eigenvalue weighted by atomic mass is 10.1. The first kappa shape index (κ1) is 32.3. The summed E-state index contributed by atoms with van der Waals surface area (Å²) in [4.78, 5) is 63.8. The molecule has 0 radical (unpaired) electrons. The molecule has 0 spiro atoms. The van der Waals surface area contributed by atoms with E-state index in [9.17, 15) is 29.1 Å². The molecule has 4 unspecified atom stereocenters. The maximum Gasteiger partial charge on any atom is 0.326 e. The molecule has 4 atom stereocenters. The number of hydrogen-bond donors (Lipinski definition) is 9. The van der Waals surface area contributed by atoms with Crippen molar-refractivity contribution in [1.82, 2.24) is 16.0 Å². The lowest BCUT2D eigenvalue weighted by Gasteiger charge is -2.24. The molecule has 0 heterocycles. The molecule has 14 nitrogen and oxygen atoms in total. The summed E-state index contributed by atoms with van der Waals surface area (Å²) in [6.45, 7) is 0.169. The lowest BCUT2D eigenvalue weighted by molar-refractivity contribution is -0.142. The molecule has 0 bridgehead atoms. The number of nitrogens with two attached hydrogens (primary N) is 3. The summed E-state index contributed by atoms with van der Waals surface area (Å²) in [5.41, 5.74) is 16.2. The number of amides is 3. The first-order valence-corrected chi connectivity index (χ1v) is 12.7. The van der Waals surface area contributed by atoms with Crippen LogP contribution in [0, 0.1) is 0 Å². The van der Waals surface area contributed by atoms with Crippen LogP contribution in [0.25, 0.3) is 0 Å². The second-order valence-electron chi connectivity index (χ2n) is 7.47. The number of carbonyl (C=O) groups excluding carboxylic acids is 3. The van der Waals surface area contributed by atoms with Crippen LogP contribution in [-0.2, 0) is 24.0 Å². The van der Waals surface area contributed by atoms with Crippen molar-refractivity contribution >= 4 is 60.0 Å². The maximum atomic E-state index is 12.8. The van der Waals surface area contributed by atoms with Crippen molar-refractivity contribution in [1.29, 1.82) is 0 Å². The van der Waals surface area contributed by atoms with Crippen molar-refractivity contribution in [2.24, 2.45) is 22.2 Å². The number of aliphatic imine (C=N–C) groups is 1. The molecule has 0 rings (SSSR count). The third-order valence-electron chi connectivity index (χ3n) is 4.63. The number of thiol groups is 1. The molecule has 0 saturated heterocycles. The second kappa shape index (κ2) is 17.7. The van der Waals surface area contributed by atoms with E-state index in [1.54, 1.807) is 6.26 Å². The van der Waals surface area contributed by atoms with Gasteiger partial charge in [0.05, 0.1) is 6.04 Å². The molecular formula is C19H35N7O7S2. The topological polar surface area (TPSA) is 252 Å². The van der Waals surface area contributed by atoms with Crippen LogP contribution >= 0.6 is 24.4 Å². The van der Waals surface area contributed by atoms with Gasteiger partial charge >= 0.3 is 11.9 Å². The van der Waals surface area contributed by atoms with Gasteiger partial charge in [0.2, 0.25) is 17.7 Å². The molecule has 0 aliphatic rings. The normalized spacial score (nSPS) is 14.0.